The van der Waals surface area contributed by atoms with Gasteiger partial charge in [0.2, 0.25) is 0 Å². The quantitative estimate of drug-likeness (QED) is 0.676. The topological polar surface area (TPSA) is 78.5 Å². The molecule has 1 aliphatic heterocycles. The number of hydrogen-bond acceptors (Lipinski definition) is 3. The maximum atomic E-state index is 11.9. The van der Waals surface area contributed by atoms with Gasteiger partial charge in [0.15, 0.2) is 0 Å². The van der Waals surface area contributed by atoms with Crippen LogP contribution in [0.25, 0.3) is 0 Å². The van der Waals surface area contributed by atoms with Crippen LogP contribution in [0.4, 0.5) is 4.79 Å². The standard InChI is InChI=1S/C12H21N3O3S/c16-7-5-13-12(17)14-11(10-3-4-10)9-15-6-1-2-8-19(15)18/h7,10-11H,1-6,8-9H2,(H2,13,14,17). The first kappa shape index (κ1) is 14.5. The fourth-order valence-electron chi connectivity index (χ4n) is 2.30. The fraction of sp³-hybridized carbons (Fsp3) is 0.833. The minimum absolute atomic E-state index is 0.0267. The van der Waals surface area contributed by atoms with Crippen LogP contribution in [0.1, 0.15) is 25.7 Å². The Morgan fingerprint density at radius 1 is 1.42 bits per heavy atom. The molecule has 7 heteroatoms. The van der Waals surface area contributed by atoms with Crippen molar-refractivity contribution in [1.29, 1.82) is 0 Å². The highest BCUT2D eigenvalue weighted by Gasteiger charge is 2.34. The monoisotopic (exact) mass is 287 g/mol. The van der Waals surface area contributed by atoms with Gasteiger partial charge < -0.3 is 15.4 Å². The Hall–Kier alpha value is -0.950. The van der Waals surface area contributed by atoms with E-state index in [-0.39, 0.29) is 18.6 Å². The Morgan fingerprint density at radius 3 is 2.84 bits per heavy atom. The molecular weight excluding hydrogens is 266 g/mol. The third-order valence-corrected chi connectivity index (χ3v) is 5.06. The molecule has 1 aliphatic carbocycles. The van der Waals surface area contributed by atoms with E-state index < -0.39 is 11.0 Å². The van der Waals surface area contributed by atoms with Crippen molar-refractivity contribution in [3.8, 4) is 0 Å². The summed E-state index contributed by atoms with van der Waals surface area (Å²) in [5.41, 5.74) is 0. The van der Waals surface area contributed by atoms with Gasteiger partial charge in [0.25, 0.3) is 0 Å². The minimum atomic E-state index is -0.902. The number of nitrogens with zero attached hydrogens (tertiary/aromatic N) is 1. The molecule has 1 saturated heterocycles. The minimum Gasteiger partial charge on any atom is -0.334 e. The molecule has 0 aromatic carbocycles. The highest BCUT2D eigenvalue weighted by Crippen LogP contribution is 2.33. The van der Waals surface area contributed by atoms with Crippen molar-refractivity contribution in [3.05, 3.63) is 0 Å². The van der Waals surface area contributed by atoms with Crippen molar-refractivity contribution >= 4 is 23.3 Å². The fourth-order valence-corrected chi connectivity index (χ4v) is 3.67. The van der Waals surface area contributed by atoms with Crippen molar-refractivity contribution in [1.82, 2.24) is 14.9 Å². The Kier molecular flexibility index (Phi) is 5.33. The van der Waals surface area contributed by atoms with Gasteiger partial charge in [-0.2, -0.15) is 0 Å². The van der Waals surface area contributed by atoms with Crippen LogP contribution < -0.4 is 10.6 Å². The summed E-state index contributed by atoms with van der Waals surface area (Å²) in [5, 5.41) is 5.38. The third kappa shape index (κ3) is 4.58. The predicted molar refractivity (Wildman–Crippen MR) is 72.9 cm³/mol. The predicted octanol–water partition coefficient (Wildman–Crippen LogP) is 0.0226. The highest BCUT2D eigenvalue weighted by molar-refractivity contribution is 7.82. The Morgan fingerprint density at radius 2 is 2.21 bits per heavy atom. The van der Waals surface area contributed by atoms with Crippen LogP contribution in [0.5, 0.6) is 0 Å². The smallest absolute Gasteiger partial charge is 0.315 e. The lowest BCUT2D eigenvalue weighted by atomic mass is 10.2. The number of nitrogens with one attached hydrogen (secondary N) is 2. The summed E-state index contributed by atoms with van der Waals surface area (Å²) < 4.78 is 13.9. The molecular formula is C12H21N3O3S. The summed E-state index contributed by atoms with van der Waals surface area (Å²) in [4.78, 5) is 21.8. The van der Waals surface area contributed by atoms with Crippen molar-refractivity contribution in [3.63, 3.8) is 0 Å². The first-order valence-corrected chi connectivity index (χ1v) is 8.09. The molecule has 0 aromatic rings. The molecule has 2 aliphatic rings. The van der Waals surface area contributed by atoms with E-state index in [4.69, 9.17) is 0 Å². The van der Waals surface area contributed by atoms with E-state index in [0.29, 0.717) is 18.7 Å². The first-order chi connectivity index (χ1) is 9.20. The average molecular weight is 287 g/mol. The number of hydrogen-bond donors (Lipinski definition) is 2. The van der Waals surface area contributed by atoms with E-state index >= 15 is 0 Å². The summed E-state index contributed by atoms with van der Waals surface area (Å²) in [6.45, 7) is 1.51. The number of aldehydes is 1. The van der Waals surface area contributed by atoms with E-state index in [2.05, 4.69) is 10.6 Å². The maximum absolute atomic E-state index is 11.9. The molecule has 0 bridgehead atoms. The van der Waals surface area contributed by atoms with E-state index in [1.54, 1.807) is 0 Å². The zero-order valence-electron chi connectivity index (χ0n) is 11.0. The van der Waals surface area contributed by atoms with Crippen LogP contribution in [0.2, 0.25) is 0 Å². The second-order valence-electron chi connectivity index (χ2n) is 5.09. The van der Waals surface area contributed by atoms with Crippen LogP contribution in [0.3, 0.4) is 0 Å². The number of rotatable bonds is 6. The van der Waals surface area contributed by atoms with E-state index in [9.17, 15) is 13.8 Å². The van der Waals surface area contributed by atoms with Crippen LogP contribution in [-0.2, 0) is 15.8 Å². The average Bonchev–Trinajstić information content (AvgIpc) is 3.22. The van der Waals surface area contributed by atoms with Gasteiger partial charge in [0, 0.05) is 24.9 Å². The second kappa shape index (κ2) is 7.00. The molecule has 2 fully saturated rings. The molecule has 19 heavy (non-hydrogen) atoms. The Bertz CT molecular complexity index is 360. The molecule has 2 atom stereocenters. The molecule has 2 N–H and O–H groups in total. The molecule has 108 valence electrons. The zero-order chi connectivity index (χ0) is 13.7. The van der Waals surface area contributed by atoms with E-state index in [1.165, 1.54) is 0 Å². The molecule has 2 unspecified atom stereocenters. The van der Waals surface area contributed by atoms with Crippen LogP contribution in [-0.4, -0.2) is 52.3 Å². The van der Waals surface area contributed by atoms with Gasteiger partial charge in [0.05, 0.1) is 17.5 Å². The molecule has 2 rings (SSSR count). The maximum Gasteiger partial charge on any atom is 0.315 e. The summed E-state index contributed by atoms with van der Waals surface area (Å²) in [7, 11) is -0.902. The van der Waals surface area contributed by atoms with Crippen molar-refractivity contribution in [2.75, 3.05) is 25.4 Å². The molecule has 2 amide bonds. The van der Waals surface area contributed by atoms with Crippen LogP contribution in [0.15, 0.2) is 0 Å². The van der Waals surface area contributed by atoms with Gasteiger partial charge in [0.1, 0.15) is 6.29 Å². The van der Waals surface area contributed by atoms with Crippen LogP contribution in [0, 0.1) is 5.92 Å². The zero-order valence-corrected chi connectivity index (χ0v) is 11.8. The van der Waals surface area contributed by atoms with Gasteiger partial charge in [-0.15, -0.1) is 0 Å². The number of carbonyl (C=O) groups is 2. The lowest BCUT2D eigenvalue weighted by molar-refractivity contribution is -0.107. The van der Waals surface area contributed by atoms with Gasteiger partial charge in [-0.1, -0.05) is 0 Å². The Labute approximate surface area is 115 Å². The number of carbonyl (C=O) groups excluding carboxylic acids is 2. The molecule has 0 spiro atoms. The van der Waals surface area contributed by atoms with Crippen molar-refractivity contribution in [2.45, 2.75) is 31.7 Å². The summed E-state index contributed by atoms with van der Waals surface area (Å²) in [6, 6.07) is -0.277. The van der Waals surface area contributed by atoms with E-state index in [1.807, 2.05) is 4.31 Å². The molecule has 1 saturated carbocycles. The largest absolute Gasteiger partial charge is 0.334 e. The van der Waals surface area contributed by atoms with Crippen LogP contribution >= 0.6 is 0 Å². The molecule has 0 radical (unpaired) electrons. The lowest BCUT2D eigenvalue weighted by Gasteiger charge is -2.29. The lowest BCUT2D eigenvalue weighted by Crippen LogP contribution is -2.50. The number of urea groups is 1. The third-order valence-electron chi connectivity index (χ3n) is 3.52. The van der Waals surface area contributed by atoms with Gasteiger partial charge in [-0.25, -0.2) is 13.3 Å². The number of amides is 2. The van der Waals surface area contributed by atoms with Crippen molar-refractivity contribution in [2.24, 2.45) is 5.92 Å². The van der Waals surface area contributed by atoms with Crippen molar-refractivity contribution < 1.29 is 13.8 Å². The summed E-state index contributed by atoms with van der Waals surface area (Å²) in [6.07, 6.45) is 4.97. The summed E-state index contributed by atoms with van der Waals surface area (Å²) >= 11 is 0. The molecule has 1 heterocycles. The highest BCUT2D eigenvalue weighted by atomic mass is 32.2. The van der Waals surface area contributed by atoms with E-state index in [0.717, 1.165) is 38.0 Å². The molecule has 6 nitrogen and oxygen atoms in total. The SMILES string of the molecule is O=CCNC(=O)NC(CN1CCCCS1=O)C1CC1. The first-order valence-electron chi connectivity index (χ1n) is 6.82. The van der Waals surface area contributed by atoms with Gasteiger partial charge >= 0.3 is 6.03 Å². The second-order valence-corrected chi connectivity index (χ2v) is 6.65. The van der Waals surface area contributed by atoms with Gasteiger partial charge in [-0.3, -0.25) is 0 Å². The normalized spacial score (nSPS) is 25.6. The molecule has 0 aromatic heterocycles. The Balaban J connectivity index is 1.83. The summed E-state index contributed by atoms with van der Waals surface area (Å²) in [5.74, 6) is 1.22. The van der Waals surface area contributed by atoms with Gasteiger partial charge in [-0.05, 0) is 31.6 Å².